The van der Waals surface area contributed by atoms with E-state index >= 15 is 0 Å². The van der Waals surface area contributed by atoms with E-state index in [1.54, 1.807) is 36.4 Å². The standard InChI is InChI=1S/C16H12Cl2N2O3/c17-11-3-1-10(12(18)6-11)7-19-16(22)9-2-4-14-13(5-9)20-15(21)8-23-14/h1-6H,7-8H2,(H,19,22)(H,20,21). The lowest BCUT2D eigenvalue weighted by molar-refractivity contribution is -0.118. The van der Waals surface area contributed by atoms with Gasteiger partial charge in [-0.3, -0.25) is 9.59 Å². The summed E-state index contributed by atoms with van der Waals surface area (Å²) in [6, 6.07) is 9.95. The van der Waals surface area contributed by atoms with Crippen molar-refractivity contribution in [3.63, 3.8) is 0 Å². The van der Waals surface area contributed by atoms with Crippen molar-refractivity contribution in [2.75, 3.05) is 11.9 Å². The number of halogens is 2. The minimum atomic E-state index is -0.279. The van der Waals surface area contributed by atoms with Crippen LogP contribution in [-0.4, -0.2) is 18.4 Å². The minimum Gasteiger partial charge on any atom is -0.482 e. The lowest BCUT2D eigenvalue weighted by atomic mass is 10.1. The zero-order chi connectivity index (χ0) is 16.4. The third-order valence-corrected chi connectivity index (χ3v) is 3.92. The van der Waals surface area contributed by atoms with Crippen LogP contribution < -0.4 is 15.4 Å². The number of carbonyl (C=O) groups is 2. The Labute approximate surface area is 142 Å². The summed E-state index contributed by atoms with van der Waals surface area (Å²) in [5.74, 6) is 0.0172. The second-order valence-electron chi connectivity index (χ2n) is 4.97. The highest BCUT2D eigenvalue weighted by atomic mass is 35.5. The van der Waals surface area contributed by atoms with Crippen molar-refractivity contribution in [3.8, 4) is 5.75 Å². The number of amides is 2. The second-order valence-corrected chi connectivity index (χ2v) is 5.81. The SMILES string of the molecule is O=C1COc2ccc(C(=O)NCc3ccc(Cl)cc3Cl)cc2N1. The van der Waals surface area contributed by atoms with Gasteiger partial charge in [0.15, 0.2) is 6.61 Å². The number of fused-ring (bicyclic) bond motifs is 1. The van der Waals surface area contributed by atoms with E-state index in [-0.39, 0.29) is 25.0 Å². The summed E-state index contributed by atoms with van der Waals surface area (Å²) in [5.41, 5.74) is 1.66. The van der Waals surface area contributed by atoms with Crippen molar-refractivity contribution < 1.29 is 14.3 Å². The molecule has 0 radical (unpaired) electrons. The molecule has 0 bridgehead atoms. The number of benzene rings is 2. The molecular formula is C16H12Cl2N2O3. The number of anilines is 1. The molecule has 0 atom stereocenters. The van der Waals surface area contributed by atoms with Gasteiger partial charge in [0.1, 0.15) is 5.75 Å². The molecule has 0 saturated carbocycles. The lowest BCUT2D eigenvalue weighted by Crippen LogP contribution is -2.27. The van der Waals surface area contributed by atoms with E-state index in [1.807, 2.05) is 0 Å². The average Bonchev–Trinajstić information content (AvgIpc) is 2.53. The predicted molar refractivity (Wildman–Crippen MR) is 88.2 cm³/mol. The monoisotopic (exact) mass is 350 g/mol. The summed E-state index contributed by atoms with van der Waals surface area (Å²) in [4.78, 5) is 23.6. The first-order valence-electron chi connectivity index (χ1n) is 6.82. The first-order valence-corrected chi connectivity index (χ1v) is 7.57. The van der Waals surface area contributed by atoms with Gasteiger partial charge in [-0.15, -0.1) is 0 Å². The summed E-state index contributed by atoms with van der Waals surface area (Å²) in [5, 5.41) is 6.47. The number of hydrogen-bond acceptors (Lipinski definition) is 3. The Morgan fingerprint density at radius 2 is 2.04 bits per heavy atom. The number of rotatable bonds is 3. The van der Waals surface area contributed by atoms with Gasteiger partial charge in [0.25, 0.3) is 11.8 Å². The van der Waals surface area contributed by atoms with E-state index in [1.165, 1.54) is 0 Å². The molecule has 0 aromatic heterocycles. The fourth-order valence-electron chi connectivity index (χ4n) is 2.17. The van der Waals surface area contributed by atoms with Crippen LogP contribution in [0, 0.1) is 0 Å². The van der Waals surface area contributed by atoms with Crippen LogP contribution in [0.1, 0.15) is 15.9 Å². The molecule has 2 N–H and O–H groups in total. The Morgan fingerprint density at radius 3 is 2.83 bits per heavy atom. The third-order valence-electron chi connectivity index (χ3n) is 3.33. The van der Waals surface area contributed by atoms with Crippen molar-refractivity contribution in [3.05, 3.63) is 57.6 Å². The van der Waals surface area contributed by atoms with Crippen LogP contribution >= 0.6 is 23.2 Å². The minimum absolute atomic E-state index is 0.0202. The van der Waals surface area contributed by atoms with Gasteiger partial charge in [-0.1, -0.05) is 29.3 Å². The van der Waals surface area contributed by atoms with Crippen molar-refractivity contribution >= 4 is 40.7 Å². The Kier molecular flexibility index (Phi) is 4.41. The van der Waals surface area contributed by atoms with Gasteiger partial charge in [-0.05, 0) is 35.9 Å². The molecule has 1 aliphatic rings. The van der Waals surface area contributed by atoms with E-state index in [4.69, 9.17) is 27.9 Å². The maximum Gasteiger partial charge on any atom is 0.262 e. The van der Waals surface area contributed by atoms with E-state index < -0.39 is 0 Å². The molecule has 7 heteroatoms. The molecule has 118 valence electrons. The zero-order valence-electron chi connectivity index (χ0n) is 11.9. The first-order chi connectivity index (χ1) is 11.0. The number of hydrogen-bond donors (Lipinski definition) is 2. The van der Waals surface area contributed by atoms with Crippen molar-refractivity contribution in [1.82, 2.24) is 5.32 Å². The largest absolute Gasteiger partial charge is 0.482 e. The van der Waals surface area contributed by atoms with Crippen molar-refractivity contribution in [1.29, 1.82) is 0 Å². The van der Waals surface area contributed by atoms with Gasteiger partial charge in [0.05, 0.1) is 5.69 Å². The smallest absolute Gasteiger partial charge is 0.262 e. The molecule has 0 saturated heterocycles. The summed E-state index contributed by atoms with van der Waals surface area (Å²) < 4.78 is 5.25. The summed E-state index contributed by atoms with van der Waals surface area (Å²) in [6.07, 6.45) is 0. The molecule has 2 amide bonds. The normalized spacial score (nSPS) is 12.9. The van der Waals surface area contributed by atoms with Crippen molar-refractivity contribution in [2.45, 2.75) is 6.54 Å². The topological polar surface area (TPSA) is 67.4 Å². The third kappa shape index (κ3) is 3.57. The summed E-state index contributed by atoms with van der Waals surface area (Å²) >= 11 is 11.9. The van der Waals surface area contributed by atoms with Gasteiger partial charge in [-0.25, -0.2) is 0 Å². The van der Waals surface area contributed by atoms with Crippen LogP contribution in [0.2, 0.25) is 10.0 Å². The van der Waals surface area contributed by atoms with Crippen LogP contribution in [-0.2, 0) is 11.3 Å². The van der Waals surface area contributed by atoms with Gasteiger partial charge in [0.2, 0.25) is 0 Å². The molecule has 2 aromatic carbocycles. The molecule has 0 fully saturated rings. The highest BCUT2D eigenvalue weighted by Crippen LogP contribution is 2.28. The summed E-state index contributed by atoms with van der Waals surface area (Å²) in [6.45, 7) is 0.252. The quantitative estimate of drug-likeness (QED) is 0.892. The molecule has 2 aromatic rings. The van der Waals surface area contributed by atoms with Gasteiger partial charge in [0, 0.05) is 22.2 Å². The maximum atomic E-state index is 12.2. The van der Waals surface area contributed by atoms with Crippen molar-refractivity contribution in [2.24, 2.45) is 0 Å². The van der Waals surface area contributed by atoms with E-state index in [0.29, 0.717) is 27.0 Å². The molecular weight excluding hydrogens is 339 g/mol. The maximum absolute atomic E-state index is 12.2. The molecule has 0 unspecified atom stereocenters. The lowest BCUT2D eigenvalue weighted by Gasteiger charge is -2.18. The highest BCUT2D eigenvalue weighted by Gasteiger charge is 2.17. The fourth-order valence-corrected chi connectivity index (χ4v) is 2.64. The van der Waals surface area contributed by atoms with Gasteiger partial charge >= 0.3 is 0 Å². The molecule has 0 spiro atoms. The van der Waals surface area contributed by atoms with Crippen LogP contribution in [0.3, 0.4) is 0 Å². The molecule has 1 heterocycles. The molecule has 23 heavy (non-hydrogen) atoms. The predicted octanol–water partition coefficient (Wildman–Crippen LogP) is 3.25. The van der Waals surface area contributed by atoms with E-state index in [9.17, 15) is 9.59 Å². The average molecular weight is 351 g/mol. The Bertz CT molecular complexity index is 793. The molecule has 3 rings (SSSR count). The zero-order valence-corrected chi connectivity index (χ0v) is 13.4. The number of carbonyl (C=O) groups excluding carboxylic acids is 2. The molecule has 1 aliphatic heterocycles. The highest BCUT2D eigenvalue weighted by molar-refractivity contribution is 6.35. The van der Waals surface area contributed by atoms with Crippen LogP contribution in [0.15, 0.2) is 36.4 Å². The Hall–Kier alpha value is -2.24. The summed E-state index contributed by atoms with van der Waals surface area (Å²) in [7, 11) is 0. The van der Waals surface area contributed by atoms with Gasteiger partial charge < -0.3 is 15.4 Å². The number of nitrogens with one attached hydrogen (secondary N) is 2. The van der Waals surface area contributed by atoms with E-state index in [0.717, 1.165) is 5.56 Å². The van der Waals surface area contributed by atoms with E-state index in [2.05, 4.69) is 10.6 Å². The molecule has 5 nitrogen and oxygen atoms in total. The first kappa shape index (κ1) is 15.6. The van der Waals surface area contributed by atoms with Crippen LogP contribution in [0.5, 0.6) is 5.75 Å². The second kappa shape index (κ2) is 6.48. The Morgan fingerprint density at radius 1 is 1.22 bits per heavy atom. The Balaban J connectivity index is 1.71. The molecule has 0 aliphatic carbocycles. The van der Waals surface area contributed by atoms with Crippen LogP contribution in [0.4, 0.5) is 5.69 Å². The number of ether oxygens (including phenoxy) is 1. The van der Waals surface area contributed by atoms with Crippen LogP contribution in [0.25, 0.3) is 0 Å². The fraction of sp³-hybridized carbons (Fsp3) is 0.125. The van der Waals surface area contributed by atoms with Gasteiger partial charge in [-0.2, -0.15) is 0 Å².